The van der Waals surface area contributed by atoms with Crippen LogP contribution < -0.4 is 5.84 Å². The Labute approximate surface area is 219 Å². The Morgan fingerprint density at radius 1 is 1.08 bits per heavy atom. The number of nitrogens with zero attached hydrogens (tertiary/aromatic N) is 4. The molecule has 0 unspecified atom stereocenters. The van der Waals surface area contributed by atoms with Crippen molar-refractivity contribution >= 4 is 51.4 Å². The first-order valence-corrected chi connectivity index (χ1v) is 13.4. The van der Waals surface area contributed by atoms with Crippen molar-refractivity contribution in [2.75, 3.05) is 38.6 Å². The van der Waals surface area contributed by atoms with Crippen molar-refractivity contribution < 1.29 is 14.4 Å². The summed E-state index contributed by atoms with van der Waals surface area (Å²) in [4.78, 5) is 46.7. The molecule has 3 aromatic rings. The number of Topliss-reactive ketones (excluding diaryl/α,β-unsaturated/α-hetero) is 1. The number of carbonyl (C=O) groups excluding carboxylic acids is 3. The first-order chi connectivity index (χ1) is 17.2. The van der Waals surface area contributed by atoms with Gasteiger partial charge in [0.05, 0.1) is 27.2 Å². The van der Waals surface area contributed by atoms with Crippen molar-refractivity contribution in [1.82, 2.24) is 19.4 Å². The number of ketones is 1. The number of nitrogen functional groups attached to an aromatic ring is 1. The zero-order valence-electron chi connectivity index (χ0n) is 20.5. The predicted octanol–water partition coefficient (Wildman–Crippen LogP) is 3.61. The van der Waals surface area contributed by atoms with E-state index in [1.807, 2.05) is 4.90 Å². The van der Waals surface area contributed by atoms with Gasteiger partial charge in [0.1, 0.15) is 0 Å². The molecule has 2 aliphatic heterocycles. The third-order valence-corrected chi connectivity index (χ3v) is 8.34. The van der Waals surface area contributed by atoms with E-state index in [2.05, 4.69) is 36.3 Å². The van der Waals surface area contributed by atoms with Crippen LogP contribution in [-0.4, -0.2) is 75.2 Å². The number of halogens is 1. The number of aromatic nitrogens is 1. The molecule has 0 radical (unpaired) electrons. The van der Waals surface area contributed by atoms with Crippen molar-refractivity contribution in [3.05, 3.63) is 56.9 Å². The van der Waals surface area contributed by atoms with Gasteiger partial charge in [0.15, 0.2) is 0 Å². The molecule has 4 heterocycles. The van der Waals surface area contributed by atoms with Gasteiger partial charge in [0.25, 0.3) is 17.6 Å². The molecule has 190 valence electrons. The van der Waals surface area contributed by atoms with Gasteiger partial charge >= 0.3 is 0 Å². The van der Waals surface area contributed by atoms with Gasteiger partial charge in [-0.1, -0.05) is 17.7 Å². The Morgan fingerprint density at radius 3 is 2.50 bits per heavy atom. The standard InChI is InChI=1S/C26H30ClN5O3S/c1-26(2)16-29(14-17-6-5-11-36-17)9-10-31(26)24(34)19-12-18-20(15-32(28)22(18)13-21(19)27)23(33)25(35)30-7-3-4-8-30/h5-6,11-13,15H,3-4,7-10,14,16,28H2,1-2H3. The molecule has 2 N–H and O–H groups in total. The number of amides is 2. The first-order valence-electron chi connectivity index (χ1n) is 12.2. The second kappa shape index (κ2) is 9.53. The highest BCUT2D eigenvalue weighted by Gasteiger charge is 2.38. The van der Waals surface area contributed by atoms with Crippen molar-refractivity contribution in [3.63, 3.8) is 0 Å². The highest BCUT2D eigenvalue weighted by molar-refractivity contribution is 7.09. The number of rotatable bonds is 5. The minimum Gasteiger partial charge on any atom is -0.339 e. The lowest BCUT2D eigenvalue weighted by Crippen LogP contribution is -2.60. The van der Waals surface area contributed by atoms with E-state index >= 15 is 0 Å². The minimum atomic E-state index is -0.616. The number of fused-ring (bicyclic) bond motifs is 1. The highest BCUT2D eigenvalue weighted by atomic mass is 35.5. The first kappa shape index (κ1) is 24.8. The Balaban J connectivity index is 1.42. The highest BCUT2D eigenvalue weighted by Crippen LogP contribution is 2.32. The summed E-state index contributed by atoms with van der Waals surface area (Å²) in [6.45, 7) is 8.16. The number of piperazine rings is 1. The molecule has 1 aromatic carbocycles. The van der Waals surface area contributed by atoms with Crippen LogP contribution in [0.25, 0.3) is 10.9 Å². The van der Waals surface area contributed by atoms with Crippen LogP contribution in [0.2, 0.25) is 5.02 Å². The quantitative estimate of drug-likeness (QED) is 0.311. The number of thiophene rings is 1. The summed E-state index contributed by atoms with van der Waals surface area (Å²) in [6.07, 6.45) is 3.23. The van der Waals surface area contributed by atoms with Crippen molar-refractivity contribution in [2.24, 2.45) is 0 Å². The van der Waals surface area contributed by atoms with Gasteiger partial charge in [0.2, 0.25) is 0 Å². The zero-order valence-corrected chi connectivity index (χ0v) is 22.1. The van der Waals surface area contributed by atoms with E-state index in [0.717, 1.165) is 32.5 Å². The van der Waals surface area contributed by atoms with Crippen LogP contribution in [0.5, 0.6) is 0 Å². The number of benzene rings is 1. The molecular formula is C26H30ClN5O3S. The molecule has 2 aliphatic rings. The number of nitrogens with two attached hydrogens (primary N) is 1. The molecule has 8 nitrogen and oxygen atoms in total. The van der Waals surface area contributed by atoms with Gasteiger partial charge in [-0.2, -0.15) is 0 Å². The lowest BCUT2D eigenvalue weighted by molar-refractivity contribution is -0.125. The maximum atomic E-state index is 13.8. The zero-order chi connectivity index (χ0) is 25.6. The Bertz CT molecular complexity index is 1330. The third-order valence-electron chi connectivity index (χ3n) is 7.17. The third kappa shape index (κ3) is 4.51. The Kier molecular flexibility index (Phi) is 6.57. The van der Waals surface area contributed by atoms with Crippen molar-refractivity contribution in [1.29, 1.82) is 0 Å². The average molecular weight is 528 g/mol. The Morgan fingerprint density at radius 2 is 1.83 bits per heavy atom. The van der Waals surface area contributed by atoms with Crippen LogP contribution in [0.3, 0.4) is 0 Å². The van der Waals surface area contributed by atoms with Crippen molar-refractivity contribution in [3.8, 4) is 0 Å². The summed E-state index contributed by atoms with van der Waals surface area (Å²) in [5, 5.41) is 2.79. The number of hydrogen-bond acceptors (Lipinski definition) is 6. The summed E-state index contributed by atoms with van der Waals surface area (Å²) < 4.78 is 1.28. The number of hydrogen-bond donors (Lipinski definition) is 1. The van der Waals surface area contributed by atoms with Gasteiger partial charge in [0, 0.05) is 55.7 Å². The fourth-order valence-electron chi connectivity index (χ4n) is 5.33. The topological polar surface area (TPSA) is 91.9 Å². The summed E-state index contributed by atoms with van der Waals surface area (Å²) in [5.74, 6) is 4.75. The monoisotopic (exact) mass is 527 g/mol. The molecular weight excluding hydrogens is 498 g/mol. The number of carbonyl (C=O) groups is 3. The summed E-state index contributed by atoms with van der Waals surface area (Å²) in [7, 11) is 0. The summed E-state index contributed by atoms with van der Waals surface area (Å²) in [6, 6.07) is 7.39. The van der Waals surface area contributed by atoms with E-state index in [0.29, 0.717) is 36.1 Å². The smallest absolute Gasteiger partial charge is 0.295 e. The van der Waals surface area contributed by atoms with Gasteiger partial charge < -0.3 is 15.6 Å². The lowest BCUT2D eigenvalue weighted by atomic mass is 9.96. The molecule has 2 fully saturated rings. The van der Waals surface area contributed by atoms with Crippen LogP contribution in [0.4, 0.5) is 0 Å². The van der Waals surface area contributed by atoms with Crippen molar-refractivity contribution in [2.45, 2.75) is 38.8 Å². The van der Waals surface area contributed by atoms with E-state index in [1.165, 1.54) is 15.8 Å². The van der Waals surface area contributed by atoms with Crippen LogP contribution in [0, 0.1) is 0 Å². The van der Waals surface area contributed by atoms with E-state index in [1.54, 1.807) is 28.4 Å². The van der Waals surface area contributed by atoms with E-state index in [4.69, 9.17) is 17.4 Å². The van der Waals surface area contributed by atoms with Crippen LogP contribution in [-0.2, 0) is 11.3 Å². The SMILES string of the molecule is CC1(C)CN(Cc2cccs2)CCN1C(=O)c1cc2c(C(=O)C(=O)N3CCCC3)cn(N)c2cc1Cl. The second-order valence-corrected chi connectivity index (χ2v) is 11.6. The van der Waals surface area contributed by atoms with Crippen LogP contribution in [0.15, 0.2) is 35.8 Å². The van der Waals surface area contributed by atoms with Gasteiger partial charge in [-0.25, -0.2) is 0 Å². The van der Waals surface area contributed by atoms with Gasteiger partial charge in [-0.3, -0.25) is 24.0 Å². The maximum Gasteiger partial charge on any atom is 0.295 e. The molecule has 0 saturated carbocycles. The molecule has 0 atom stereocenters. The molecule has 0 aliphatic carbocycles. The Hall–Kier alpha value is -2.88. The fraction of sp³-hybridized carbons (Fsp3) is 0.423. The molecule has 5 rings (SSSR count). The largest absolute Gasteiger partial charge is 0.339 e. The molecule has 0 bridgehead atoms. The van der Waals surface area contributed by atoms with E-state index in [-0.39, 0.29) is 16.5 Å². The molecule has 0 spiro atoms. The second-order valence-electron chi connectivity index (χ2n) is 10.2. The average Bonchev–Trinajstić information content (AvgIpc) is 3.59. The van der Waals surface area contributed by atoms with E-state index < -0.39 is 17.2 Å². The molecule has 2 saturated heterocycles. The van der Waals surface area contributed by atoms with Crippen LogP contribution >= 0.6 is 22.9 Å². The normalized spacial score (nSPS) is 18.2. The maximum absolute atomic E-state index is 13.8. The van der Waals surface area contributed by atoms with Gasteiger partial charge in [-0.05, 0) is 50.3 Å². The fourth-order valence-corrected chi connectivity index (χ4v) is 6.31. The minimum absolute atomic E-state index is 0.190. The van der Waals surface area contributed by atoms with Gasteiger partial charge in [-0.15, -0.1) is 11.3 Å². The summed E-state index contributed by atoms with van der Waals surface area (Å²) >= 11 is 8.31. The van der Waals surface area contributed by atoms with Crippen LogP contribution in [0.1, 0.15) is 52.3 Å². The van der Waals surface area contributed by atoms with E-state index in [9.17, 15) is 14.4 Å². The molecule has 10 heteroatoms. The summed E-state index contributed by atoms with van der Waals surface area (Å²) in [5.41, 5.74) is 0.566. The molecule has 36 heavy (non-hydrogen) atoms. The lowest BCUT2D eigenvalue weighted by Gasteiger charge is -2.47. The molecule has 2 amide bonds. The predicted molar refractivity (Wildman–Crippen MR) is 142 cm³/mol. The molecule has 2 aromatic heterocycles. The number of likely N-dealkylation sites (tertiary alicyclic amines) is 1.